The van der Waals surface area contributed by atoms with E-state index < -0.39 is 6.10 Å². The van der Waals surface area contributed by atoms with Crippen LogP contribution in [0.1, 0.15) is 5.56 Å². The molecule has 0 aliphatic carbocycles. The summed E-state index contributed by atoms with van der Waals surface area (Å²) in [6.07, 6.45) is 4.04. The number of rotatable bonds is 8. The Morgan fingerprint density at radius 3 is 2.50 bits per heavy atom. The maximum atomic E-state index is 10.7. The van der Waals surface area contributed by atoms with Crippen molar-refractivity contribution in [3.8, 4) is 0 Å². The first-order valence-corrected chi connectivity index (χ1v) is 11.3. The summed E-state index contributed by atoms with van der Waals surface area (Å²) >= 11 is 0. The maximum absolute atomic E-state index is 10.7. The summed E-state index contributed by atoms with van der Waals surface area (Å²) in [6, 6.07) is 18.7. The predicted octanol–water partition coefficient (Wildman–Crippen LogP) is 2.47. The van der Waals surface area contributed by atoms with Crippen LogP contribution in [0.4, 0.5) is 0 Å². The van der Waals surface area contributed by atoms with Gasteiger partial charge in [-0.25, -0.2) is 4.98 Å². The lowest BCUT2D eigenvalue weighted by atomic mass is 10.0. The minimum Gasteiger partial charge on any atom is -0.462 e. The molecule has 0 saturated carbocycles. The van der Waals surface area contributed by atoms with E-state index in [2.05, 4.69) is 39.0 Å². The molecule has 3 heterocycles. The molecule has 1 saturated heterocycles. The van der Waals surface area contributed by atoms with E-state index in [1.807, 2.05) is 41.2 Å². The third-order valence-electron chi connectivity index (χ3n) is 6.34. The number of para-hydroxylation sites is 2. The first-order chi connectivity index (χ1) is 15.8. The predicted molar refractivity (Wildman–Crippen MR) is 123 cm³/mol. The number of aromatic nitrogens is 2. The van der Waals surface area contributed by atoms with Crippen LogP contribution in [0.5, 0.6) is 0 Å². The zero-order valence-corrected chi connectivity index (χ0v) is 18.2. The van der Waals surface area contributed by atoms with E-state index >= 15 is 0 Å². The highest BCUT2D eigenvalue weighted by Gasteiger charge is 2.30. The van der Waals surface area contributed by atoms with Crippen LogP contribution < -0.4 is 0 Å². The third-order valence-corrected chi connectivity index (χ3v) is 6.34. The number of nitrogens with zero attached hydrogens (tertiary/aromatic N) is 4. The van der Waals surface area contributed by atoms with Crippen LogP contribution in [0.15, 0.2) is 72.9 Å². The molecule has 2 unspecified atom stereocenters. The molecule has 32 heavy (non-hydrogen) atoms. The van der Waals surface area contributed by atoms with E-state index in [0.29, 0.717) is 19.9 Å². The number of piperazine rings is 1. The number of fused-ring (bicyclic) bond motifs is 1. The van der Waals surface area contributed by atoms with E-state index in [-0.39, 0.29) is 6.04 Å². The molecule has 7 heteroatoms. The van der Waals surface area contributed by atoms with Gasteiger partial charge in [0.15, 0.2) is 5.76 Å². The molecule has 2 aliphatic heterocycles. The zero-order valence-electron chi connectivity index (χ0n) is 18.2. The summed E-state index contributed by atoms with van der Waals surface area (Å²) < 4.78 is 13.2. The monoisotopic (exact) mass is 434 g/mol. The molecule has 0 radical (unpaired) electrons. The Kier molecular flexibility index (Phi) is 6.39. The lowest BCUT2D eigenvalue weighted by Gasteiger charge is -2.39. The summed E-state index contributed by atoms with van der Waals surface area (Å²) in [6.45, 7) is 5.21. The van der Waals surface area contributed by atoms with Crippen LogP contribution in [0, 0.1) is 0 Å². The molecular formula is C25H30N4O3. The number of benzene rings is 2. The van der Waals surface area contributed by atoms with Crippen LogP contribution in [-0.2, 0) is 22.4 Å². The molecule has 1 fully saturated rings. The van der Waals surface area contributed by atoms with Gasteiger partial charge >= 0.3 is 0 Å². The van der Waals surface area contributed by atoms with Crippen LogP contribution in [-0.4, -0.2) is 76.1 Å². The smallest absolute Gasteiger partial charge is 0.229 e. The van der Waals surface area contributed by atoms with Gasteiger partial charge in [-0.3, -0.25) is 9.80 Å². The molecule has 168 valence electrons. The first-order valence-electron chi connectivity index (χ1n) is 11.3. The molecule has 3 aromatic rings. The van der Waals surface area contributed by atoms with Crippen molar-refractivity contribution in [1.82, 2.24) is 19.4 Å². The van der Waals surface area contributed by atoms with Gasteiger partial charge in [-0.05, 0) is 24.1 Å². The number of ether oxygens (including phenoxy) is 2. The van der Waals surface area contributed by atoms with Crippen LogP contribution in [0.2, 0.25) is 0 Å². The van der Waals surface area contributed by atoms with Gasteiger partial charge in [0.2, 0.25) is 6.79 Å². The molecule has 2 atom stereocenters. The van der Waals surface area contributed by atoms with Crippen molar-refractivity contribution in [3.63, 3.8) is 0 Å². The third kappa shape index (κ3) is 4.80. The van der Waals surface area contributed by atoms with Crippen molar-refractivity contribution in [1.29, 1.82) is 0 Å². The van der Waals surface area contributed by atoms with Crippen molar-refractivity contribution in [3.05, 3.63) is 78.5 Å². The fraction of sp³-hybridized carbons (Fsp3) is 0.400. The number of β-amino-alcohol motifs (C(OH)–C–C–N with tert-alkyl or cyclic N) is 1. The first kappa shape index (κ1) is 21.0. The van der Waals surface area contributed by atoms with Crippen molar-refractivity contribution < 1.29 is 14.6 Å². The van der Waals surface area contributed by atoms with Gasteiger partial charge in [0, 0.05) is 32.7 Å². The van der Waals surface area contributed by atoms with Crippen LogP contribution in [0.25, 0.3) is 11.0 Å². The molecule has 0 amide bonds. The second kappa shape index (κ2) is 9.73. The van der Waals surface area contributed by atoms with Gasteiger partial charge in [-0.2, -0.15) is 0 Å². The number of aliphatic hydroxyl groups excluding tert-OH is 1. The molecule has 0 bridgehead atoms. The minimum atomic E-state index is -0.437. The minimum absolute atomic E-state index is 0.171. The Morgan fingerprint density at radius 2 is 1.72 bits per heavy atom. The number of imidazole rings is 1. The van der Waals surface area contributed by atoms with Gasteiger partial charge in [-0.1, -0.05) is 42.5 Å². The molecule has 1 N–H and O–H groups in total. The highest BCUT2D eigenvalue weighted by atomic mass is 16.7. The summed E-state index contributed by atoms with van der Waals surface area (Å²) in [5, 5.41) is 10.7. The highest BCUT2D eigenvalue weighted by Crippen LogP contribution is 2.23. The van der Waals surface area contributed by atoms with Crippen molar-refractivity contribution in [2.75, 3.05) is 39.5 Å². The Bertz CT molecular complexity index is 1040. The van der Waals surface area contributed by atoms with E-state index in [1.54, 1.807) is 6.26 Å². The standard InChI is InChI=1S/C25H30N4O3/c30-21(16-29-18-26-22-8-4-5-9-23(22)29)15-27-10-12-28(13-11-27)24(25-17-31-19-32-25)14-20-6-2-1-3-7-20/h1-9,17-18,21,24,30H,10-16,19H2. The van der Waals surface area contributed by atoms with Gasteiger partial charge in [0.25, 0.3) is 0 Å². The molecule has 5 rings (SSSR count). The summed E-state index contributed by atoms with van der Waals surface area (Å²) in [7, 11) is 0. The van der Waals surface area contributed by atoms with E-state index in [0.717, 1.165) is 49.4 Å². The summed E-state index contributed by atoms with van der Waals surface area (Å²) in [5.74, 6) is 0.911. The Labute approximate surface area is 188 Å². The SMILES string of the molecule is OC(CN1CCN(C(Cc2ccccc2)C2=COCO2)CC1)Cn1cnc2ccccc21. The number of aliphatic hydroxyl groups is 1. The fourth-order valence-corrected chi connectivity index (χ4v) is 4.67. The maximum Gasteiger partial charge on any atom is 0.229 e. The van der Waals surface area contributed by atoms with E-state index in [4.69, 9.17) is 9.47 Å². The Balaban J connectivity index is 1.17. The molecule has 0 spiro atoms. The second-order valence-corrected chi connectivity index (χ2v) is 8.53. The average Bonchev–Trinajstić information content (AvgIpc) is 3.50. The van der Waals surface area contributed by atoms with E-state index in [9.17, 15) is 5.11 Å². The molecule has 2 aromatic carbocycles. The quantitative estimate of drug-likeness (QED) is 0.588. The van der Waals surface area contributed by atoms with Gasteiger partial charge in [0.1, 0.15) is 6.26 Å². The number of hydrogen-bond donors (Lipinski definition) is 1. The van der Waals surface area contributed by atoms with Crippen molar-refractivity contribution in [2.45, 2.75) is 25.1 Å². The van der Waals surface area contributed by atoms with E-state index in [1.165, 1.54) is 5.56 Å². The van der Waals surface area contributed by atoms with Crippen LogP contribution >= 0.6 is 0 Å². The highest BCUT2D eigenvalue weighted by molar-refractivity contribution is 5.74. The second-order valence-electron chi connectivity index (χ2n) is 8.53. The molecule has 7 nitrogen and oxygen atoms in total. The number of hydrogen-bond acceptors (Lipinski definition) is 6. The molecule has 1 aromatic heterocycles. The summed E-state index contributed by atoms with van der Waals surface area (Å²) in [4.78, 5) is 9.24. The topological polar surface area (TPSA) is 63.0 Å². The fourth-order valence-electron chi connectivity index (χ4n) is 4.67. The Hall–Kier alpha value is -2.87. The average molecular weight is 435 g/mol. The molecule has 2 aliphatic rings. The lowest BCUT2D eigenvalue weighted by Crippen LogP contribution is -2.53. The van der Waals surface area contributed by atoms with Crippen molar-refractivity contribution >= 4 is 11.0 Å². The summed E-state index contributed by atoms with van der Waals surface area (Å²) in [5.41, 5.74) is 3.32. The largest absolute Gasteiger partial charge is 0.462 e. The normalized spacial score (nSPS) is 19.3. The lowest BCUT2D eigenvalue weighted by molar-refractivity contribution is 0.0320. The molecular weight excluding hydrogens is 404 g/mol. The van der Waals surface area contributed by atoms with Gasteiger partial charge in [-0.15, -0.1) is 0 Å². The van der Waals surface area contributed by atoms with Gasteiger partial charge < -0.3 is 19.1 Å². The van der Waals surface area contributed by atoms with Gasteiger partial charge in [0.05, 0.1) is 36.1 Å². The van der Waals surface area contributed by atoms with Crippen LogP contribution in [0.3, 0.4) is 0 Å². The van der Waals surface area contributed by atoms with Crippen molar-refractivity contribution in [2.24, 2.45) is 0 Å². The Morgan fingerprint density at radius 1 is 0.938 bits per heavy atom. The zero-order chi connectivity index (χ0) is 21.8.